The maximum Gasteiger partial charge on any atom is 0.115 e. The fourth-order valence-corrected chi connectivity index (χ4v) is 0.921. The molecule has 2 aromatic carbocycles. The minimum atomic E-state index is 0.189. The Hall–Kier alpha value is -2.27. The lowest BCUT2D eigenvalue weighted by Crippen LogP contribution is -1.69. The summed E-state index contributed by atoms with van der Waals surface area (Å²) in [6.07, 6.45) is 0. The molecule has 0 aliphatic rings. The van der Waals surface area contributed by atoms with Crippen LogP contribution in [-0.2, 0) is 0 Å². The van der Waals surface area contributed by atoms with Crippen LogP contribution in [-0.4, -0.2) is 5.11 Å². The molecule has 0 bridgehead atoms. The first-order valence-corrected chi connectivity index (χ1v) is 4.52. The molecule has 2 aromatic rings. The summed E-state index contributed by atoms with van der Waals surface area (Å²) in [4.78, 5) is 0. The van der Waals surface area contributed by atoms with Crippen molar-refractivity contribution in [2.75, 3.05) is 0 Å². The van der Waals surface area contributed by atoms with Gasteiger partial charge in [0, 0.05) is 0 Å². The number of nitriles is 1. The van der Waals surface area contributed by atoms with Crippen molar-refractivity contribution in [1.29, 1.82) is 5.26 Å². The van der Waals surface area contributed by atoms with Crippen LogP contribution in [0, 0.1) is 11.3 Å². The van der Waals surface area contributed by atoms with E-state index in [-0.39, 0.29) is 5.75 Å². The molecule has 15 heavy (non-hydrogen) atoms. The SMILES string of the molecule is N#Cc1ccc(O)cc1.c1ccccc1. The Kier molecular flexibility index (Phi) is 4.49. The first kappa shape index (κ1) is 10.8. The molecule has 0 heterocycles. The monoisotopic (exact) mass is 197 g/mol. The number of phenolic OH excluding ortho intramolecular Hbond substituents is 1. The fraction of sp³-hybridized carbons (Fsp3) is 0. The van der Waals surface area contributed by atoms with Gasteiger partial charge in [-0.1, -0.05) is 36.4 Å². The Labute approximate surface area is 89.0 Å². The van der Waals surface area contributed by atoms with E-state index in [4.69, 9.17) is 10.4 Å². The number of phenols is 1. The smallest absolute Gasteiger partial charge is 0.115 e. The molecule has 0 fully saturated rings. The molecule has 0 aliphatic carbocycles. The zero-order valence-electron chi connectivity index (χ0n) is 8.17. The predicted molar refractivity (Wildman–Crippen MR) is 59.3 cm³/mol. The van der Waals surface area contributed by atoms with E-state index < -0.39 is 0 Å². The van der Waals surface area contributed by atoms with E-state index in [1.165, 1.54) is 12.1 Å². The third-order valence-electron chi connectivity index (χ3n) is 1.66. The highest BCUT2D eigenvalue weighted by Gasteiger charge is 1.86. The number of aromatic hydroxyl groups is 1. The number of rotatable bonds is 0. The highest BCUT2D eigenvalue weighted by molar-refractivity contribution is 5.33. The van der Waals surface area contributed by atoms with Crippen molar-refractivity contribution in [3.63, 3.8) is 0 Å². The molecule has 0 aromatic heterocycles. The van der Waals surface area contributed by atoms with Crippen LogP contribution in [0.5, 0.6) is 5.75 Å². The largest absolute Gasteiger partial charge is 0.508 e. The maximum absolute atomic E-state index is 8.74. The lowest BCUT2D eigenvalue weighted by Gasteiger charge is -1.87. The van der Waals surface area contributed by atoms with Gasteiger partial charge in [0.05, 0.1) is 11.6 Å². The van der Waals surface area contributed by atoms with Gasteiger partial charge in [0.25, 0.3) is 0 Å². The van der Waals surface area contributed by atoms with Gasteiger partial charge in [-0.25, -0.2) is 0 Å². The van der Waals surface area contributed by atoms with Gasteiger partial charge < -0.3 is 5.11 Å². The lowest BCUT2D eigenvalue weighted by atomic mass is 10.2. The number of hydrogen-bond acceptors (Lipinski definition) is 2. The molecule has 0 spiro atoms. The van der Waals surface area contributed by atoms with Crippen LogP contribution in [0.3, 0.4) is 0 Å². The zero-order valence-corrected chi connectivity index (χ0v) is 8.17. The highest BCUT2D eigenvalue weighted by atomic mass is 16.3. The van der Waals surface area contributed by atoms with Crippen LogP contribution < -0.4 is 0 Å². The molecular formula is C13H11NO. The van der Waals surface area contributed by atoms with E-state index in [0.717, 1.165) is 0 Å². The Bertz CT molecular complexity index is 388. The number of benzene rings is 2. The summed E-state index contributed by atoms with van der Waals surface area (Å²) in [6.45, 7) is 0. The van der Waals surface area contributed by atoms with Crippen LogP contribution in [0.1, 0.15) is 5.56 Å². The van der Waals surface area contributed by atoms with Crippen molar-refractivity contribution in [3.8, 4) is 11.8 Å². The molecular weight excluding hydrogens is 186 g/mol. The van der Waals surface area contributed by atoms with E-state index in [9.17, 15) is 0 Å². The Morgan fingerprint density at radius 2 is 1.20 bits per heavy atom. The zero-order chi connectivity index (χ0) is 10.9. The second-order valence-electron chi connectivity index (χ2n) is 2.81. The van der Waals surface area contributed by atoms with Gasteiger partial charge in [-0.05, 0) is 24.3 Å². The van der Waals surface area contributed by atoms with Crippen molar-refractivity contribution >= 4 is 0 Å². The fourth-order valence-electron chi connectivity index (χ4n) is 0.921. The third-order valence-corrected chi connectivity index (χ3v) is 1.66. The predicted octanol–water partition coefficient (Wildman–Crippen LogP) is 2.95. The molecule has 0 radical (unpaired) electrons. The summed E-state index contributed by atoms with van der Waals surface area (Å²) in [7, 11) is 0. The van der Waals surface area contributed by atoms with Gasteiger partial charge in [-0.3, -0.25) is 0 Å². The summed E-state index contributed by atoms with van der Waals surface area (Å²) in [5.41, 5.74) is 0.563. The standard InChI is InChI=1S/C7H5NO.C6H6/c8-5-6-1-3-7(9)4-2-6;1-2-4-6-5-3-1/h1-4,9H;1-6H. The van der Waals surface area contributed by atoms with Gasteiger partial charge in [-0.2, -0.15) is 5.26 Å². The molecule has 2 rings (SSSR count). The topological polar surface area (TPSA) is 44.0 Å². The lowest BCUT2D eigenvalue weighted by molar-refractivity contribution is 0.475. The van der Waals surface area contributed by atoms with Crippen LogP contribution in [0.2, 0.25) is 0 Å². The van der Waals surface area contributed by atoms with Gasteiger partial charge in [0.15, 0.2) is 0 Å². The highest BCUT2D eigenvalue weighted by Crippen LogP contribution is 2.07. The van der Waals surface area contributed by atoms with Crippen molar-refractivity contribution in [2.24, 2.45) is 0 Å². The molecule has 2 heteroatoms. The molecule has 1 N–H and O–H groups in total. The van der Waals surface area contributed by atoms with Crippen molar-refractivity contribution in [2.45, 2.75) is 0 Å². The summed E-state index contributed by atoms with van der Waals surface area (Å²) in [5.74, 6) is 0.189. The van der Waals surface area contributed by atoms with E-state index in [0.29, 0.717) is 5.56 Å². The average molecular weight is 197 g/mol. The number of nitrogens with zero attached hydrogens (tertiary/aromatic N) is 1. The second-order valence-corrected chi connectivity index (χ2v) is 2.81. The second kappa shape index (κ2) is 6.22. The molecule has 0 aliphatic heterocycles. The Balaban J connectivity index is 0.000000162. The van der Waals surface area contributed by atoms with Gasteiger partial charge in [0.1, 0.15) is 5.75 Å². The minimum absolute atomic E-state index is 0.189. The van der Waals surface area contributed by atoms with Gasteiger partial charge in [0.2, 0.25) is 0 Å². The summed E-state index contributed by atoms with van der Waals surface area (Å²) in [5, 5.41) is 17.0. The van der Waals surface area contributed by atoms with E-state index >= 15 is 0 Å². The molecule has 0 unspecified atom stereocenters. The summed E-state index contributed by atoms with van der Waals surface area (Å²) < 4.78 is 0. The molecule has 0 atom stereocenters. The normalized spacial score (nSPS) is 8.20. The summed E-state index contributed by atoms with van der Waals surface area (Å²) >= 11 is 0. The van der Waals surface area contributed by atoms with E-state index in [1.54, 1.807) is 12.1 Å². The first-order valence-electron chi connectivity index (χ1n) is 4.52. The average Bonchev–Trinajstić information content (AvgIpc) is 2.33. The molecule has 0 saturated heterocycles. The van der Waals surface area contributed by atoms with Crippen molar-refractivity contribution < 1.29 is 5.11 Å². The molecule has 2 nitrogen and oxygen atoms in total. The van der Waals surface area contributed by atoms with Crippen LogP contribution in [0.25, 0.3) is 0 Å². The third kappa shape index (κ3) is 4.49. The van der Waals surface area contributed by atoms with Crippen LogP contribution >= 0.6 is 0 Å². The van der Waals surface area contributed by atoms with Crippen molar-refractivity contribution in [1.82, 2.24) is 0 Å². The van der Waals surface area contributed by atoms with E-state index in [1.807, 2.05) is 42.5 Å². The minimum Gasteiger partial charge on any atom is -0.508 e. The first-order chi connectivity index (χ1) is 7.33. The molecule has 0 saturated carbocycles. The van der Waals surface area contributed by atoms with Crippen LogP contribution in [0.15, 0.2) is 60.7 Å². The number of hydrogen-bond donors (Lipinski definition) is 1. The Morgan fingerprint density at radius 3 is 1.53 bits per heavy atom. The summed E-state index contributed by atoms with van der Waals surface area (Å²) in [6, 6.07) is 20.0. The van der Waals surface area contributed by atoms with Gasteiger partial charge in [-0.15, -0.1) is 0 Å². The Morgan fingerprint density at radius 1 is 0.800 bits per heavy atom. The van der Waals surface area contributed by atoms with E-state index in [2.05, 4.69) is 0 Å². The van der Waals surface area contributed by atoms with Crippen LogP contribution in [0.4, 0.5) is 0 Å². The quantitative estimate of drug-likeness (QED) is 0.705. The van der Waals surface area contributed by atoms with Crippen molar-refractivity contribution in [3.05, 3.63) is 66.2 Å². The van der Waals surface area contributed by atoms with Gasteiger partial charge >= 0.3 is 0 Å². The maximum atomic E-state index is 8.74. The molecule has 0 amide bonds. The molecule has 74 valence electrons.